The number of carbonyl (C=O) groups is 1. The van der Waals surface area contributed by atoms with Crippen molar-refractivity contribution in [2.45, 2.75) is 63.1 Å². The second kappa shape index (κ2) is 7.97. The predicted molar refractivity (Wildman–Crippen MR) is 107 cm³/mol. The molecule has 2 saturated heterocycles. The predicted octanol–water partition coefficient (Wildman–Crippen LogP) is 1.55. The number of piperidine rings is 1. The number of carboxylic acid groups (broad SMARTS) is 1. The first kappa shape index (κ1) is 19.6. The Kier molecular flexibility index (Phi) is 5.58. The van der Waals surface area contributed by atoms with E-state index in [0.29, 0.717) is 12.6 Å². The number of aromatic nitrogens is 2. The molecule has 3 aliphatic rings. The standard InChI is InChI=1S/C21H32N4O3/c1-2-9-25-18-6-5-16(14-17(18)19(22-25)20(26)27)24-12-7-21(28,8-13-24)15-23-10-3-4-11-23/h2,16,28H,1,3-15H2,(H,26,27)/t16-/m1/s1. The molecule has 0 saturated carbocycles. The second-order valence-electron chi connectivity index (χ2n) is 8.69. The summed E-state index contributed by atoms with van der Waals surface area (Å²) in [7, 11) is 0. The van der Waals surface area contributed by atoms with Crippen LogP contribution in [0.1, 0.15) is 53.8 Å². The average Bonchev–Trinajstić information content (AvgIpc) is 3.30. The van der Waals surface area contributed by atoms with Gasteiger partial charge >= 0.3 is 5.97 Å². The van der Waals surface area contributed by atoms with Gasteiger partial charge in [0.25, 0.3) is 0 Å². The highest BCUT2D eigenvalue weighted by atomic mass is 16.4. The lowest BCUT2D eigenvalue weighted by Crippen LogP contribution is -2.53. The molecule has 0 unspecified atom stereocenters. The van der Waals surface area contributed by atoms with Gasteiger partial charge in [-0.05, 0) is 58.0 Å². The van der Waals surface area contributed by atoms with Crippen LogP contribution >= 0.6 is 0 Å². The number of hydrogen-bond donors (Lipinski definition) is 2. The van der Waals surface area contributed by atoms with Crippen LogP contribution in [0.4, 0.5) is 0 Å². The normalized spacial score (nSPS) is 25.5. The number of aliphatic hydroxyl groups is 1. The van der Waals surface area contributed by atoms with Crippen LogP contribution in [0.3, 0.4) is 0 Å². The van der Waals surface area contributed by atoms with E-state index >= 15 is 0 Å². The minimum atomic E-state index is -0.946. The van der Waals surface area contributed by atoms with E-state index in [1.165, 1.54) is 12.8 Å². The van der Waals surface area contributed by atoms with Crippen molar-refractivity contribution < 1.29 is 15.0 Å². The molecule has 154 valence electrons. The molecule has 1 aliphatic carbocycles. The van der Waals surface area contributed by atoms with Crippen molar-refractivity contribution in [1.29, 1.82) is 0 Å². The van der Waals surface area contributed by atoms with Crippen LogP contribution in [0.15, 0.2) is 12.7 Å². The molecule has 7 nitrogen and oxygen atoms in total. The topological polar surface area (TPSA) is 81.8 Å². The number of rotatable bonds is 6. The summed E-state index contributed by atoms with van der Waals surface area (Å²) in [6.45, 7) is 9.10. The van der Waals surface area contributed by atoms with E-state index in [1.807, 2.05) is 0 Å². The summed E-state index contributed by atoms with van der Waals surface area (Å²) in [6.07, 6.45) is 8.45. The van der Waals surface area contributed by atoms with Crippen molar-refractivity contribution in [3.05, 3.63) is 29.6 Å². The second-order valence-corrected chi connectivity index (χ2v) is 8.69. The number of likely N-dealkylation sites (tertiary alicyclic amines) is 2. The highest BCUT2D eigenvalue weighted by molar-refractivity contribution is 5.87. The maximum absolute atomic E-state index is 11.7. The Morgan fingerprint density at radius 3 is 2.61 bits per heavy atom. The van der Waals surface area contributed by atoms with E-state index in [2.05, 4.69) is 21.5 Å². The van der Waals surface area contributed by atoms with Gasteiger partial charge in [0.2, 0.25) is 0 Å². The highest BCUT2D eigenvalue weighted by Crippen LogP contribution is 2.32. The van der Waals surface area contributed by atoms with E-state index in [0.717, 1.165) is 76.1 Å². The lowest BCUT2D eigenvalue weighted by molar-refractivity contribution is -0.0504. The van der Waals surface area contributed by atoms with Crippen LogP contribution in [0.25, 0.3) is 0 Å². The third-order valence-electron chi connectivity index (χ3n) is 6.79. The van der Waals surface area contributed by atoms with Gasteiger partial charge in [0.05, 0.1) is 12.1 Å². The molecule has 2 aliphatic heterocycles. The highest BCUT2D eigenvalue weighted by Gasteiger charge is 2.38. The van der Waals surface area contributed by atoms with Crippen LogP contribution < -0.4 is 0 Å². The largest absolute Gasteiger partial charge is 0.476 e. The van der Waals surface area contributed by atoms with Gasteiger partial charge in [0, 0.05) is 36.9 Å². The lowest BCUT2D eigenvalue weighted by Gasteiger charge is -2.44. The van der Waals surface area contributed by atoms with Crippen LogP contribution in [0.2, 0.25) is 0 Å². The first-order valence-corrected chi connectivity index (χ1v) is 10.6. The van der Waals surface area contributed by atoms with Gasteiger partial charge in [-0.2, -0.15) is 5.10 Å². The maximum Gasteiger partial charge on any atom is 0.356 e. The van der Waals surface area contributed by atoms with Crippen molar-refractivity contribution >= 4 is 5.97 Å². The molecule has 28 heavy (non-hydrogen) atoms. The quantitative estimate of drug-likeness (QED) is 0.720. The van der Waals surface area contributed by atoms with E-state index in [9.17, 15) is 15.0 Å². The molecule has 2 N–H and O–H groups in total. The minimum absolute atomic E-state index is 0.198. The number of allylic oxidation sites excluding steroid dienone is 1. The summed E-state index contributed by atoms with van der Waals surface area (Å²) >= 11 is 0. The smallest absolute Gasteiger partial charge is 0.356 e. The Balaban J connectivity index is 1.41. The van der Waals surface area contributed by atoms with E-state index in [4.69, 9.17) is 0 Å². The van der Waals surface area contributed by atoms with Crippen molar-refractivity contribution in [1.82, 2.24) is 19.6 Å². The molecular formula is C21H32N4O3. The SMILES string of the molecule is C=CCn1nc(C(=O)O)c2c1CC[C@@H](N1CCC(O)(CN3CCCC3)CC1)C2. The number of fused-ring (bicyclic) bond motifs is 1. The van der Waals surface area contributed by atoms with Crippen LogP contribution in [0, 0.1) is 0 Å². The molecular weight excluding hydrogens is 356 g/mol. The molecule has 0 bridgehead atoms. The molecule has 7 heteroatoms. The fourth-order valence-corrected chi connectivity index (χ4v) is 5.25. The van der Waals surface area contributed by atoms with Gasteiger partial charge in [-0.25, -0.2) is 4.79 Å². The summed E-state index contributed by atoms with van der Waals surface area (Å²) in [4.78, 5) is 16.5. The number of β-amino-alcohol motifs (C(OH)–C–C–N with tert-alkyl or cyclic N) is 1. The number of hydrogen-bond acceptors (Lipinski definition) is 5. The zero-order valence-corrected chi connectivity index (χ0v) is 16.6. The first-order valence-electron chi connectivity index (χ1n) is 10.6. The van der Waals surface area contributed by atoms with Crippen molar-refractivity contribution in [3.63, 3.8) is 0 Å². The number of nitrogens with zero attached hydrogens (tertiary/aromatic N) is 4. The van der Waals surface area contributed by atoms with E-state index in [-0.39, 0.29) is 5.69 Å². The molecule has 0 spiro atoms. The molecule has 1 aromatic heterocycles. The summed E-state index contributed by atoms with van der Waals surface area (Å²) in [5.74, 6) is -0.946. The minimum Gasteiger partial charge on any atom is -0.476 e. The molecule has 1 aromatic rings. The molecule has 0 radical (unpaired) electrons. The molecule has 2 fully saturated rings. The first-order chi connectivity index (χ1) is 13.5. The Labute approximate surface area is 166 Å². The van der Waals surface area contributed by atoms with Crippen LogP contribution in [-0.4, -0.2) is 80.1 Å². The summed E-state index contributed by atoms with van der Waals surface area (Å²) < 4.78 is 1.80. The number of aromatic carboxylic acids is 1. The van der Waals surface area contributed by atoms with Gasteiger partial charge in [-0.15, -0.1) is 6.58 Å². The molecule has 0 amide bonds. The van der Waals surface area contributed by atoms with Gasteiger partial charge in [0.1, 0.15) is 0 Å². The van der Waals surface area contributed by atoms with Crippen molar-refractivity contribution in [3.8, 4) is 0 Å². The van der Waals surface area contributed by atoms with Gasteiger partial charge in [-0.1, -0.05) is 6.08 Å². The van der Waals surface area contributed by atoms with Crippen molar-refractivity contribution in [2.24, 2.45) is 0 Å². The van der Waals surface area contributed by atoms with Crippen LogP contribution in [0.5, 0.6) is 0 Å². The fourth-order valence-electron chi connectivity index (χ4n) is 5.25. The molecule has 1 atom stereocenters. The zero-order chi connectivity index (χ0) is 19.7. The summed E-state index contributed by atoms with van der Waals surface area (Å²) in [5, 5.41) is 24.9. The monoisotopic (exact) mass is 388 g/mol. The van der Waals surface area contributed by atoms with Gasteiger partial charge < -0.3 is 15.1 Å². The Morgan fingerprint density at radius 1 is 1.25 bits per heavy atom. The fraction of sp³-hybridized carbons (Fsp3) is 0.714. The van der Waals surface area contributed by atoms with Gasteiger partial charge in [-0.3, -0.25) is 9.58 Å². The molecule has 0 aromatic carbocycles. The average molecular weight is 389 g/mol. The Morgan fingerprint density at radius 2 is 1.96 bits per heavy atom. The Hall–Kier alpha value is -1.70. The lowest BCUT2D eigenvalue weighted by atomic mass is 9.86. The molecule has 4 rings (SSSR count). The third kappa shape index (κ3) is 3.88. The van der Waals surface area contributed by atoms with E-state index in [1.54, 1.807) is 10.8 Å². The summed E-state index contributed by atoms with van der Waals surface area (Å²) in [5.41, 5.74) is 1.57. The van der Waals surface area contributed by atoms with Crippen molar-refractivity contribution in [2.75, 3.05) is 32.7 Å². The zero-order valence-electron chi connectivity index (χ0n) is 16.6. The Bertz CT molecular complexity index is 730. The summed E-state index contributed by atoms with van der Waals surface area (Å²) in [6, 6.07) is 0.336. The number of carboxylic acids is 1. The van der Waals surface area contributed by atoms with E-state index < -0.39 is 11.6 Å². The molecule has 3 heterocycles. The van der Waals surface area contributed by atoms with Crippen LogP contribution in [-0.2, 0) is 19.4 Å². The van der Waals surface area contributed by atoms with Gasteiger partial charge in [0.15, 0.2) is 5.69 Å². The maximum atomic E-state index is 11.7. The third-order valence-corrected chi connectivity index (χ3v) is 6.79.